The van der Waals surface area contributed by atoms with E-state index in [0.29, 0.717) is 0 Å². The zero-order chi connectivity index (χ0) is 11.1. The van der Waals surface area contributed by atoms with Crippen molar-refractivity contribution >= 4 is 34.5 Å². The van der Waals surface area contributed by atoms with Crippen LogP contribution in [0, 0.1) is 5.41 Å². The van der Waals surface area contributed by atoms with Gasteiger partial charge in [-0.05, 0) is 24.3 Å². The molecule has 1 aliphatic rings. The first-order chi connectivity index (χ1) is 7.03. The van der Waals surface area contributed by atoms with Crippen molar-refractivity contribution in [3.05, 3.63) is 20.3 Å². The summed E-state index contributed by atoms with van der Waals surface area (Å²) in [5, 5.41) is 0. The molecule has 4 heteroatoms. The number of thiophene rings is 1. The molecule has 0 saturated heterocycles. The highest BCUT2D eigenvalue weighted by atomic mass is 35.5. The van der Waals surface area contributed by atoms with Gasteiger partial charge < -0.3 is 5.73 Å². The fourth-order valence-electron chi connectivity index (χ4n) is 2.43. The lowest BCUT2D eigenvalue weighted by atomic mass is 9.78. The quantitative estimate of drug-likeness (QED) is 0.827. The Kier molecular flexibility index (Phi) is 3.32. The second-order valence-electron chi connectivity index (χ2n) is 4.62. The van der Waals surface area contributed by atoms with E-state index in [4.69, 9.17) is 28.9 Å². The van der Waals surface area contributed by atoms with E-state index in [1.54, 1.807) is 0 Å². The second kappa shape index (κ2) is 4.25. The Morgan fingerprint density at radius 2 is 2.00 bits per heavy atom. The summed E-state index contributed by atoms with van der Waals surface area (Å²) in [5.41, 5.74) is 7.54. The molecule has 0 radical (unpaired) electrons. The largest absolute Gasteiger partial charge is 0.323 e. The molecule has 1 nitrogen and oxygen atoms in total. The number of hydrogen-bond donors (Lipinski definition) is 1. The zero-order valence-corrected chi connectivity index (χ0v) is 11.1. The van der Waals surface area contributed by atoms with Crippen LogP contribution in [0.3, 0.4) is 0 Å². The van der Waals surface area contributed by atoms with Crippen molar-refractivity contribution in [2.75, 3.05) is 0 Å². The number of nitrogens with two attached hydrogens (primary N) is 1. The molecule has 1 aromatic heterocycles. The van der Waals surface area contributed by atoms with Crippen LogP contribution in [0.15, 0.2) is 6.07 Å². The highest BCUT2D eigenvalue weighted by Gasteiger charge is 2.37. The zero-order valence-electron chi connectivity index (χ0n) is 8.72. The van der Waals surface area contributed by atoms with E-state index in [1.165, 1.54) is 37.0 Å². The first kappa shape index (κ1) is 11.7. The van der Waals surface area contributed by atoms with Gasteiger partial charge in [0, 0.05) is 11.6 Å². The smallest absolute Gasteiger partial charge is 0.0992 e. The third kappa shape index (κ3) is 2.19. The van der Waals surface area contributed by atoms with Crippen LogP contribution in [0.2, 0.25) is 8.67 Å². The predicted molar refractivity (Wildman–Crippen MR) is 67.8 cm³/mol. The maximum atomic E-state index is 6.31. The third-order valence-corrected chi connectivity index (χ3v) is 5.03. The fraction of sp³-hybridized carbons (Fsp3) is 0.636. The topological polar surface area (TPSA) is 26.0 Å². The molecule has 1 atom stereocenters. The molecule has 0 bridgehead atoms. The summed E-state index contributed by atoms with van der Waals surface area (Å²) in [6.45, 7) is 2.26. The summed E-state index contributed by atoms with van der Waals surface area (Å²) in [6.07, 6.45) is 4.94. The Bertz CT molecular complexity index is 355. The van der Waals surface area contributed by atoms with E-state index in [9.17, 15) is 0 Å². The Morgan fingerprint density at radius 3 is 2.47 bits per heavy atom. The predicted octanol–water partition coefficient (Wildman–Crippen LogP) is 4.64. The fourth-order valence-corrected chi connectivity index (χ4v) is 3.98. The van der Waals surface area contributed by atoms with Gasteiger partial charge >= 0.3 is 0 Å². The molecule has 1 aliphatic carbocycles. The van der Waals surface area contributed by atoms with Crippen molar-refractivity contribution in [3.8, 4) is 0 Å². The molecule has 15 heavy (non-hydrogen) atoms. The van der Waals surface area contributed by atoms with Gasteiger partial charge in [0.15, 0.2) is 0 Å². The van der Waals surface area contributed by atoms with Gasteiger partial charge in [-0.25, -0.2) is 0 Å². The molecule has 0 aromatic carbocycles. The van der Waals surface area contributed by atoms with Crippen molar-refractivity contribution in [2.45, 2.75) is 38.6 Å². The van der Waals surface area contributed by atoms with Gasteiger partial charge in [0.25, 0.3) is 0 Å². The van der Waals surface area contributed by atoms with Crippen LogP contribution in [0.25, 0.3) is 0 Å². The van der Waals surface area contributed by atoms with Gasteiger partial charge in [-0.3, -0.25) is 0 Å². The lowest BCUT2D eigenvalue weighted by Gasteiger charge is -2.31. The van der Waals surface area contributed by atoms with Crippen LogP contribution in [0.4, 0.5) is 0 Å². The lowest BCUT2D eigenvalue weighted by Crippen LogP contribution is -2.29. The van der Waals surface area contributed by atoms with Crippen molar-refractivity contribution in [3.63, 3.8) is 0 Å². The van der Waals surface area contributed by atoms with Crippen LogP contribution in [-0.2, 0) is 0 Å². The van der Waals surface area contributed by atoms with Gasteiger partial charge in [0.1, 0.15) is 0 Å². The molecule has 2 rings (SSSR count). The van der Waals surface area contributed by atoms with Crippen LogP contribution >= 0.6 is 34.5 Å². The number of rotatable bonds is 2. The molecule has 1 unspecified atom stereocenters. The molecule has 0 amide bonds. The maximum absolute atomic E-state index is 6.31. The Morgan fingerprint density at radius 1 is 1.40 bits per heavy atom. The maximum Gasteiger partial charge on any atom is 0.0992 e. The van der Waals surface area contributed by atoms with Gasteiger partial charge in [0.2, 0.25) is 0 Å². The number of halogens is 2. The van der Waals surface area contributed by atoms with E-state index in [-0.39, 0.29) is 11.5 Å². The van der Waals surface area contributed by atoms with Gasteiger partial charge in [0.05, 0.1) is 8.67 Å². The molecule has 0 aliphatic heterocycles. The summed E-state index contributed by atoms with van der Waals surface area (Å²) in [7, 11) is 0. The normalized spacial score (nSPS) is 21.9. The summed E-state index contributed by atoms with van der Waals surface area (Å²) < 4.78 is 1.48. The van der Waals surface area contributed by atoms with E-state index >= 15 is 0 Å². The lowest BCUT2D eigenvalue weighted by molar-refractivity contribution is 0.266. The van der Waals surface area contributed by atoms with Crippen molar-refractivity contribution < 1.29 is 0 Å². The first-order valence-corrected chi connectivity index (χ1v) is 6.80. The Balaban J connectivity index is 2.27. The van der Waals surface area contributed by atoms with Crippen molar-refractivity contribution in [1.29, 1.82) is 0 Å². The second-order valence-corrected chi connectivity index (χ2v) is 6.90. The molecule has 2 N–H and O–H groups in total. The van der Waals surface area contributed by atoms with Crippen LogP contribution < -0.4 is 5.73 Å². The van der Waals surface area contributed by atoms with Crippen LogP contribution in [-0.4, -0.2) is 0 Å². The summed E-state index contributed by atoms with van der Waals surface area (Å²) in [6, 6.07) is 1.94. The molecule has 1 saturated carbocycles. The van der Waals surface area contributed by atoms with Crippen molar-refractivity contribution in [1.82, 2.24) is 0 Å². The van der Waals surface area contributed by atoms with Crippen LogP contribution in [0.1, 0.15) is 44.2 Å². The van der Waals surface area contributed by atoms with Gasteiger partial charge in [-0.15, -0.1) is 11.3 Å². The van der Waals surface area contributed by atoms with E-state index in [2.05, 4.69) is 6.92 Å². The molecule has 1 fully saturated rings. The van der Waals surface area contributed by atoms with Crippen LogP contribution in [0.5, 0.6) is 0 Å². The summed E-state index contributed by atoms with van der Waals surface area (Å²) >= 11 is 13.5. The van der Waals surface area contributed by atoms with E-state index in [0.717, 1.165) is 14.2 Å². The van der Waals surface area contributed by atoms with Crippen molar-refractivity contribution in [2.24, 2.45) is 11.1 Å². The molecule has 84 valence electrons. The standard InChI is InChI=1S/C11H15Cl2NS/c1-11(4-2-3-5-11)9(14)7-6-8(12)15-10(7)13/h6,9H,2-5,14H2,1H3. The molecular formula is C11H15Cl2NS. The highest BCUT2D eigenvalue weighted by Crippen LogP contribution is 2.49. The minimum atomic E-state index is 0.0243. The molecule has 0 spiro atoms. The van der Waals surface area contributed by atoms with E-state index < -0.39 is 0 Å². The summed E-state index contributed by atoms with van der Waals surface area (Å²) in [5.74, 6) is 0. The summed E-state index contributed by atoms with van der Waals surface area (Å²) in [4.78, 5) is 0. The number of hydrogen-bond acceptors (Lipinski definition) is 2. The average Bonchev–Trinajstić information content (AvgIpc) is 2.73. The Labute approximate surface area is 105 Å². The first-order valence-electron chi connectivity index (χ1n) is 5.23. The Hall–Kier alpha value is 0.240. The average molecular weight is 264 g/mol. The minimum absolute atomic E-state index is 0.0243. The van der Waals surface area contributed by atoms with E-state index in [1.807, 2.05) is 6.07 Å². The third-order valence-electron chi connectivity index (χ3n) is 3.51. The molecule has 1 heterocycles. The molecular weight excluding hydrogens is 249 g/mol. The monoisotopic (exact) mass is 263 g/mol. The SMILES string of the molecule is CC1(C(N)c2cc(Cl)sc2Cl)CCCC1. The minimum Gasteiger partial charge on any atom is -0.323 e. The highest BCUT2D eigenvalue weighted by molar-refractivity contribution is 7.20. The molecule has 1 aromatic rings. The van der Waals surface area contributed by atoms with Gasteiger partial charge in [-0.1, -0.05) is 43.0 Å². The van der Waals surface area contributed by atoms with Gasteiger partial charge in [-0.2, -0.15) is 0 Å².